The highest BCUT2D eigenvalue weighted by molar-refractivity contribution is 5.76. The molecule has 16 heavy (non-hydrogen) atoms. The van der Waals surface area contributed by atoms with Crippen LogP contribution in [-0.2, 0) is 14.3 Å². The minimum absolute atomic E-state index is 0.350. The predicted octanol–water partition coefficient (Wildman–Crippen LogP) is 0.275. The Balaban J connectivity index is 2.34. The minimum Gasteiger partial charge on any atom is -0.482 e. The number of benzene rings is 1. The van der Waals surface area contributed by atoms with Crippen LogP contribution >= 0.6 is 0 Å². The van der Waals surface area contributed by atoms with Crippen LogP contribution in [0.4, 0.5) is 5.69 Å². The van der Waals surface area contributed by atoms with Crippen molar-refractivity contribution in [1.29, 1.82) is 0 Å². The van der Waals surface area contributed by atoms with Gasteiger partial charge in [-0.3, -0.25) is 0 Å². The molecule has 0 bridgehead atoms. The van der Waals surface area contributed by atoms with E-state index in [1.807, 2.05) is 0 Å². The van der Waals surface area contributed by atoms with Gasteiger partial charge < -0.3 is 20.3 Å². The molecule has 0 heterocycles. The molecule has 0 aliphatic heterocycles. The van der Waals surface area contributed by atoms with E-state index in [4.69, 9.17) is 15.6 Å². The highest BCUT2D eigenvalue weighted by Gasteiger charge is 2.06. The second-order valence-corrected chi connectivity index (χ2v) is 2.92. The van der Waals surface area contributed by atoms with Crippen LogP contribution in [0.15, 0.2) is 24.3 Å². The maximum atomic E-state index is 11.0. The van der Waals surface area contributed by atoms with Gasteiger partial charge in [-0.1, -0.05) is 6.07 Å². The Morgan fingerprint density at radius 1 is 1.31 bits per heavy atom. The molecule has 6 heteroatoms. The molecule has 1 aromatic carbocycles. The minimum atomic E-state index is -1.21. The Hall–Kier alpha value is -2.24. The lowest BCUT2D eigenvalue weighted by Crippen LogP contribution is -2.19. The van der Waals surface area contributed by atoms with Gasteiger partial charge in [-0.05, 0) is 12.1 Å². The Labute approximate surface area is 91.6 Å². The van der Waals surface area contributed by atoms with Crippen LogP contribution in [0.5, 0.6) is 5.75 Å². The summed E-state index contributed by atoms with van der Waals surface area (Å²) in [6.45, 7) is -1.02. The first-order valence-electron chi connectivity index (χ1n) is 4.43. The molecule has 0 aromatic heterocycles. The zero-order valence-electron chi connectivity index (χ0n) is 8.38. The fraction of sp³-hybridized carbons (Fsp3) is 0.200. The largest absolute Gasteiger partial charge is 0.482 e. The third-order valence-electron chi connectivity index (χ3n) is 1.57. The second-order valence-electron chi connectivity index (χ2n) is 2.92. The number of carboxylic acid groups (broad SMARTS) is 1. The number of aliphatic carboxylic acids is 1. The number of anilines is 1. The van der Waals surface area contributed by atoms with Gasteiger partial charge in [0.2, 0.25) is 0 Å². The number of carboxylic acids is 1. The van der Waals surface area contributed by atoms with Crippen molar-refractivity contribution in [3.05, 3.63) is 24.3 Å². The first-order chi connectivity index (χ1) is 7.58. The normalized spacial score (nSPS) is 9.50. The van der Waals surface area contributed by atoms with Gasteiger partial charge in [0.1, 0.15) is 5.75 Å². The number of esters is 1. The highest BCUT2D eigenvalue weighted by Crippen LogP contribution is 2.14. The van der Waals surface area contributed by atoms with Gasteiger partial charge in [-0.15, -0.1) is 0 Å². The van der Waals surface area contributed by atoms with Crippen LogP contribution < -0.4 is 10.5 Å². The molecule has 0 atom stereocenters. The molecule has 0 unspecified atom stereocenters. The third-order valence-corrected chi connectivity index (χ3v) is 1.57. The maximum Gasteiger partial charge on any atom is 0.344 e. The van der Waals surface area contributed by atoms with Crippen molar-refractivity contribution in [2.24, 2.45) is 0 Å². The van der Waals surface area contributed by atoms with Crippen molar-refractivity contribution >= 4 is 17.6 Å². The summed E-state index contributed by atoms with van der Waals surface area (Å²) >= 11 is 0. The number of nitrogen functional groups attached to an aromatic ring is 1. The maximum absolute atomic E-state index is 11.0. The average molecular weight is 225 g/mol. The van der Waals surface area contributed by atoms with Gasteiger partial charge in [0.15, 0.2) is 13.2 Å². The first-order valence-corrected chi connectivity index (χ1v) is 4.43. The van der Waals surface area contributed by atoms with Crippen LogP contribution in [-0.4, -0.2) is 30.3 Å². The average Bonchev–Trinajstić information content (AvgIpc) is 2.23. The topological polar surface area (TPSA) is 98.9 Å². The van der Waals surface area contributed by atoms with Crippen LogP contribution in [0, 0.1) is 0 Å². The Bertz CT molecular complexity index is 391. The standard InChI is InChI=1S/C10H11NO5/c11-7-2-1-3-8(4-7)15-6-10(14)16-5-9(12)13/h1-4H,5-6,11H2,(H,12,13). The predicted molar refractivity (Wildman–Crippen MR) is 54.9 cm³/mol. The van der Waals surface area contributed by atoms with Crippen LogP contribution in [0.3, 0.4) is 0 Å². The molecule has 1 rings (SSSR count). The second kappa shape index (κ2) is 5.59. The number of hydrogen-bond acceptors (Lipinski definition) is 5. The van der Waals surface area contributed by atoms with Gasteiger partial charge in [-0.25, -0.2) is 9.59 Å². The molecule has 0 saturated carbocycles. The molecule has 6 nitrogen and oxygen atoms in total. The number of rotatable bonds is 5. The van der Waals surface area contributed by atoms with E-state index in [2.05, 4.69) is 4.74 Å². The molecular formula is C10H11NO5. The number of hydrogen-bond donors (Lipinski definition) is 2. The molecule has 0 saturated heterocycles. The van der Waals surface area contributed by atoms with E-state index in [1.165, 1.54) is 0 Å². The number of carbonyl (C=O) groups is 2. The molecular weight excluding hydrogens is 214 g/mol. The molecule has 0 radical (unpaired) electrons. The molecule has 3 N–H and O–H groups in total. The third kappa shape index (κ3) is 4.32. The molecule has 0 aliphatic rings. The summed E-state index contributed by atoms with van der Waals surface area (Å²) in [4.78, 5) is 21.1. The first kappa shape index (κ1) is 11.8. The van der Waals surface area contributed by atoms with Crippen molar-refractivity contribution < 1.29 is 24.2 Å². The molecule has 0 aliphatic carbocycles. The van der Waals surface area contributed by atoms with Gasteiger partial charge in [0, 0.05) is 11.8 Å². The van der Waals surface area contributed by atoms with Crippen molar-refractivity contribution in [1.82, 2.24) is 0 Å². The molecule has 1 aromatic rings. The summed E-state index contributed by atoms with van der Waals surface area (Å²) in [6.07, 6.45) is 0. The van der Waals surface area contributed by atoms with Crippen molar-refractivity contribution in [2.75, 3.05) is 18.9 Å². The molecule has 86 valence electrons. The van der Waals surface area contributed by atoms with Gasteiger partial charge >= 0.3 is 11.9 Å². The summed E-state index contributed by atoms with van der Waals surface area (Å²) < 4.78 is 9.39. The van der Waals surface area contributed by atoms with E-state index in [1.54, 1.807) is 24.3 Å². The van der Waals surface area contributed by atoms with Crippen molar-refractivity contribution in [3.8, 4) is 5.75 Å². The lowest BCUT2D eigenvalue weighted by atomic mass is 10.3. The van der Waals surface area contributed by atoms with E-state index in [-0.39, 0.29) is 6.61 Å². The zero-order valence-corrected chi connectivity index (χ0v) is 8.38. The summed E-state index contributed by atoms with van der Waals surface area (Å²) in [6, 6.07) is 6.52. The summed E-state index contributed by atoms with van der Waals surface area (Å²) in [7, 11) is 0. The lowest BCUT2D eigenvalue weighted by Gasteiger charge is -2.05. The fourth-order valence-corrected chi connectivity index (χ4v) is 0.930. The Kier molecular flexibility index (Phi) is 4.14. The number of carbonyl (C=O) groups excluding carboxylic acids is 1. The molecule has 0 spiro atoms. The van der Waals surface area contributed by atoms with Gasteiger partial charge in [0.05, 0.1) is 0 Å². The Morgan fingerprint density at radius 2 is 2.06 bits per heavy atom. The smallest absolute Gasteiger partial charge is 0.344 e. The monoisotopic (exact) mass is 225 g/mol. The lowest BCUT2D eigenvalue weighted by molar-refractivity contribution is -0.156. The van der Waals surface area contributed by atoms with E-state index in [9.17, 15) is 9.59 Å². The summed E-state index contributed by atoms with van der Waals surface area (Å²) in [5.74, 6) is -1.53. The quantitative estimate of drug-likeness (QED) is 0.551. The van der Waals surface area contributed by atoms with Crippen molar-refractivity contribution in [3.63, 3.8) is 0 Å². The van der Waals surface area contributed by atoms with Crippen LogP contribution in [0.25, 0.3) is 0 Å². The molecule has 0 amide bonds. The van der Waals surface area contributed by atoms with E-state index >= 15 is 0 Å². The fourth-order valence-electron chi connectivity index (χ4n) is 0.930. The number of nitrogens with two attached hydrogens (primary N) is 1. The summed E-state index contributed by atoms with van der Waals surface area (Å²) in [5, 5.41) is 8.25. The van der Waals surface area contributed by atoms with Crippen LogP contribution in [0.1, 0.15) is 0 Å². The van der Waals surface area contributed by atoms with E-state index in [0.29, 0.717) is 11.4 Å². The van der Waals surface area contributed by atoms with Crippen molar-refractivity contribution in [2.45, 2.75) is 0 Å². The van der Waals surface area contributed by atoms with Crippen LogP contribution in [0.2, 0.25) is 0 Å². The zero-order chi connectivity index (χ0) is 12.0. The van der Waals surface area contributed by atoms with E-state index in [0.717, 1.165) is 0 Å². The Morgan fingerprint density at radius 3 is 2.69 bits per heavy atom. The summed E-state index contributed by atoms with van der Waals surface area (Å²) in [5.41, 5.74) is 6.00. The van der Waals surface area contributed by atoms with Gasteiger partial charge in [-0.2, -0.15) is 0 Å². The van der Waals surface area contributed by atoms with Gasteiger partial charge in [0.25, 0.3) is 0 Å². The SMILES string of the molecule is Nc1cccc(OCC(=O)OCC(=O)O)c1. The highest BCUT2D eigenvalue weighted by atomic mass is 16.6. The number of ether oxygens (including phenoxy) is 2. The molecule has 0 fully saturated rings. The van der Waals surface area contributed by atoms with E-state index < -0.39 is 18.5 Å².